The lowest BCUT2D eigenvalue weighted by atomic mass is 10.2. The highest BCUT2D eigenvalue weighted by Gasteiger charge is 2.11. The van der Waals surface area contributed by atoms with Gasteiger partial charge in [-0.1, -0.05) is 24.3 Å². The van der Waals surface area contributed by atoms with E-state index < -0.39 is 11.9 Å². The minimum absolute atomic E-state index is 0.287. The lowest BCUT2D eigenvalue weighted by molar-refractivity contribution is -0.143. The van der Waals surface area contributed by atoms with E-state index in [1.807, 2.05) is 30.3 Å². The molecule has 21 heavy (non-hydrogen) atoms. The molecule has 1 unspecified atom stereocenters. The molecule has 4 nitrogen and oxygen atoms in total. The van der Waals surface area contributed by atoms with Crippen LogP contribution in [0, 0.1) is 0 Å². The van der Waals surface area contributed by atoms with E-state index in [9.17, 15) is 9.59 Å². The maximum Gasteiger partial charge on any atom is 0.331 e. The molecule has 1 aromatic carbocycles. The lowest BCUT2D eigenvalue weighted by Crippen LogP contribution is -2.17. The predicted octanol–water partition coefficient (Wildman–Crippen LogP) is 3.30. The zero-order valence-corrected chi connectivity index (χ0v) is 12.4. The first-order valence-electron chi connectivity index (χ1n) is 6.52. The molecule has 0 aliphatic heterocycles. The molecule has 1 rings (SSSR count). The van der Waals surface area contributed by atoms with Crippen LogP contribution in [0.25, 0.3) is 0 Å². The molecule has 0 radical (unpaired) electrons. The largest absolute Gasteiger partial charge is 0.478 e. The molecular weight excluding hydrogens is 288 g/mol. The Morgan fingerprint density at radius 2 is 2.00 bits per heavy atom. The standard InChI is InChI=1S/C16H18O4S/c1-2-6-13(20-16(19)10-9-15(17)18)11-12-21-14-7-4-3-5-8-14/h2-5,7-10,13H,1,6,11-12H2,(H,17,18). The lowest BCUT2D eigenvalue weighted by Gasteiger charge is -2.15. The van der Waals surface area contributed by atoms with Gasteiger partial charge in [-0.25, -0.2) is 9.59 Å². The molecule has 0 heterocycles. The summed E-state index contributed by atoms with van der Waals surface area (Å²) < 4.78 is 5.21. The summed E-state index contributed by atoms with van der Waals surface area (Å²) in [6, 6.07) is 9.95. The molecule has 0 spiro atoms. The third kappa shape index (κ3) is 7.99. The van der Waals surface area contributed by atoms with Crippen LogP contribution in [0.5, 0.6) is 0 Å². The molecule has 0 saturated carbocycles. The fraction of sp³-hybridized carbons (Fsp3) is 0.250. The van der Waals surface area contributed by atoms with E-state index in [-0.39, 0.29) is 6.10 Å². The van der Waals surface area contributed by atoms with Crippen molar-refractivity contribution in [2.24, 2.45) is 0 Å². The summed E-state index contributed by atoms with van der Waals surface area (Å²) >= 11 is 1.68. The van der Waals surface area contributed by atoms with Crippen molar-refractivity contribution >= 4 is 23.7 Å². The number of esters is 1. The Hall–Kier alpha value is -2.01. The molecule has 0 aliphatic carbocycles. The van der Waals surface area contributed by atoms with Crippen LogP contribution in [0.3, 0.4) is 0 Å². The van der Waals surface area contributed by atoms with Gasteiger partial charge >= 0.3 is 11.9 Å². The van der Waals surface area contributed by atoms with Crippen LogP contribution in [0.15, 0.2) is 60.0 Å². The van der Waals surface area contributed by atoms with Gasteiger partial charge in [-0.15, -0.1) is 18.3 Å². The van der Waals surface area contributed by atoms with Crippen LogP contribution in [-0.2, 0) is 14.3 Å². The molecule has 1 N–H and O–H groups in total. The quantitative estimate of drug-likeness (QED) is 0.328. The molecule has 0 bridgehead atoms. The monoisotopic (exact) mass is 306 g/mol. The maximum atomic E-state index is 11.5. The Balaban J connectivity index is 2.40. The van der Waals surface area contributed by atoms with Gasteiger partial charge in [0.05, 0.1) is 0 Å². The minimum atomic E-state index is -1.17. The Labute approximate surface area is 128 Å². The second kappa shape index (κ2) is 9.83. The van der Waals surface area contributed by atoms with Crippen molar-refractivity contribution in [1.29, 1.82) is 0 Å². The summed E-state index contributed by atoms with van der Waals surface area (Å²) in [6.07, 6.45) is 4.31. The van der Waals surface area contributed by atoms with Crippen LogP contribution in [0.4, 0.5) is 0 Å². The number of benzene rings is 1. The first-order chi connectivity index (χ1) is 10.1. The molecule has 1 aromatic rings. The summed E-state index contributed by atoms with van der Waals surface area (Å²) in [6.45, 7) is 3.64. The van der Waals surface area contributed by atoms with E-state index in [1.54, 1.807) is 17.8 Å². The molecule has 0 fully saturated rings. The van der Waals surface area contributed by atoms with Gasteiger partial charge in [0, 0.05) is 29.2 Å². The van der Waals surface area contributed by atoms with E-state index in [2.05, 4.69) is 6.58 Å². The number of thioether (sulfide) groups is 1. The number of ether oxygens (including phenoxy) is 1. The van der Waals surface area contributed by atoms with Crippen molar-refractivity contribution < 1.29 is 19.4 Å². The van der Waals surface area contributed by atoms with Gasteiger partial charge < -0.3 is 9.84 Å². The van der Waals surface area contributed by atoms with E-state index in [1.165, 1.54) is 0 Å². The van der Waals surface area contributed by atoms with Gasteiger partial charge in [-0.3, -0.25) is 0 Å². The van der Waals surface area contributed by atoms with Crippen molar-refractivity contribution in [2.45, 2.75) is 23.8 Å². The number of hydrogen-bond donors (Lipinski definition) is 1. The third-order valence-corrected chi connectivity index (χ3v) is 3.57. The molecule has 0 aromatic heterocycles. The maximum absolute atomic E-state index is 11.5. The zero-order chi connectivity index (χ0) is 15.5. The van der Waals surface area contributed by atoms with Gasteiger partial charge in [0.1, 0.15) is 6.10 Å². The zero-order valence-electron chi connectivity index (χ0n) is 11.6. The smallest absolute Gasteiger partial charge is 0.331 e. The van der Waals surface area contributed by atoms with Crippen molar-refractivity contribution in [3.63, 3.8) is 0 Å². The molecule has 5 heteroatoms. The normalized spacial score (nSPS) is 12.0. The Morgan fingerprint density at radius 1 is 1.29 bits per heavy atom. The predicted molar refractivity (Wildman–Crippen MR) is 83.3 cm³/mol. The fourth-order valence-electron chi connectivity index (χ4n) is 1.58. The van der Waals surface area contributed by atoms with Crippen molar-refractivity contribution in [2.75, 3.05) is 5.75 Å². The van der Waals surface area contributed by atoms with Crippen molar-refractivity contribution in [3.05, 3.63) is 55.1 Å². The van der Waals surface area contributed by atoms with Gasteiger partial charge in [-0.05, 0) is 18.6 Å². The SMILES string of the molecule is C=CCC(CCSc1ccccc1)OC(=O)C=CC(=O)O. The molecule has 0 amide bonds. The van der Waals surface area contributed by atoms with Crippen LogP contribution < -0.4 is 0 Å². The van der Waals surface area contributed by atoms with Gasteiger partial charge in [0.15, 0.2) is 0 Å². The van der Waals surface area contributed by atoms with Gasteiger partial charge in [0.25, 0.3) is 0 Å². The average molecular weight is 306 g/mol. The number of carboxylic acids is 1. The number of aliphatic carboxylic acids is 1. The highest BCUT2D eigenvalue weighted by atomic mass is 32.2. The highest BCUT2D eigenvalue weighted by Crippen LogP contribution is 2.20. The van der Waals surface area contributed by atoms with Gasteiger partial charge in [0.2, 0.25) is 0 Å². The molecule has 1 atom stereocenters. The Kier molecular flexibility index (Phi) is 7.97. The highest BCUT2D eigenvalue weighted by molar-refractivity contribution is 7.99. The topological polar surface area (TPSA) is 63.6 Å². The average Bonchev–Trinajstić information content (AvgIpc) is 2.46. The van der Waals surface area contributed by atoms with Crippen molar-refractivity contribution in [1.82, 2.24) is 0 Å². The first-order valence-corrected chi connectivity index (χ1v) is 7.50. The number of carbonyl (C=O) groups excluding carboxylic acids is 1. The summed E-state index contributed by atoms with van der Waals surface area (Å²) in [4.78, 5) is 22.9. The van der Waals surface area contributed by atoms with Crippen LogP contribution in [-0.4, -0.2) is 28.9 Å². The summed E-state index contributed by atoms with van der Waals surface area (Å²) in [5.74, 6) is -1.01. The van der Waals surface area contributed by atoms with Crippen molar-refractivity contribution in [3.8, 4) is 0 Å². The summed E-state index contributed by atoms with van der Waals surface area (Å²) in [5, 5.41) is 8.45. The van der Waals surface area contributed by atoms with E-state index in [0.717, 1.165) is 22.8 Å². The Morgan fingerprint density at radius 3 is 2.62 bits per heavy atom. The van der Waals surface area contributed by atoms with E-state index in [0.29, 0.717) is 12.8 Å². The Bertz CT molecular complexity index is 496. The van der Waals surface area contributed by atoms with E-state index >= 15 is 0 Å². The summed E-state index contributed by atoms with van der Waals surface area (Å²) in [7, 11) is 0. The van der Waals surface area contributed by atoms with Crippen LogP contribution >= 0.6 is 11.8 Å². The minimum Gasteiger partial charge on any atom is -0.478 e. The number of rotatable bonds is 9. The second-order valence-corrected chi connectivity index (χ2v) is 5.37. The third-order valence-electron chi connectivity index (χ3n) is 2.53. The fourth-order valence-corrected chi connectivity index (χ4v) is 2.54. The van der Waals surface area contributed by atoms with Crippen LogP contribution in [0.2, 0.25) is 0 Å². The summed E-state index contributed by atoms with van der Waals surface area (Å²) in [5.41, 5.74) is 0. The number of carbonyl (C=O) groups is 2. The number of hydrogen-bond acceptors (Lipinski definition) is 4. The molecule has 112 valence electrons. The molecule has 0 aliphatic rings. The van der Waals surface area contributed by atoms with Crippen LogP contribution in [0.1, 0.15) is 12.8 Å². The second-order valence-electron chi connectivity index (χ2n) is 4.21. The van der Waals surface area contributed by atoms with Gasteiger partial charge in [-0.2, -0.15) is 0 Å². The van der Waals surface area contributed by atoms with E-state index in [4.69, 9.17) is 9.84 Å². The number of carboxylic acid groups (broad SMARTS) is 1. The molecular formula is C16H18O4S. The molecule has 0 saturated heterocycles. The first kappa shape index (κ1) is 17.0.